The highest BCUT2D eigenvalue weighted by Crippen LogP contribution is 2.32. The molecule has 8 heteroatoms. The first-order chi connectivity index (χ1) is 11.5. The summed E-state index contributed by atoms with van der Waals surface area (Å²) < 4.78 is 0. The van der Waals surface area contributed by atoms with E-state index < -0.39 is 23.8 Å². The SMILES string of the molecule is CN1C(=O)CCC(N2C(=O)c3cccc(NCCN)c3C2=O)C1=O. The number of carbonyl (C=O) groups is 4. The lowest BCUT2D eigenvalue weighted by Crippen LogP contribution is -2.54. The highest BCUT2D eigenvalue weighted by molar-refractivity contribution is 6.25. The molecule has 0 aliphatic carbocycles. The molecule has 3 N–H and O–H groups in total. The van der Waals surface area contributed by atoms with Gasteiger partial charge >= 0.3 is 0 Å². The van der Waals surface area contributed by atoms with Gasteiger partial charge in [0.2, 0.25) is 5.91 Å². The Bertz CT molecular complexity index is 746. The van der Waals surface area contributed by atoms with Crippen LogP contribution in [0.1, 0.15) is 33.6 Å². The van der Waals surface area contributed by atoms with E-state index in [4.69, 9.17) is 5.73 Å². The molecule has 2 heterocycles. The lowest BCUT2D eigenvalue weighted by Gasteiger charge is -2.32. The van der Waals surface area contributed by atoms with Crippen molar-refractivity contribution in [3.8, 4) is 0 Å². The first-order valence-corrected chi connectivity index (χ1v) is 7.72. The van der Waals surface area contributed by atoms with E-state index >= 15 is 0 Å². The number of piperidine rings is 1. The molecule has 126 valence electrons. The van der Waals surface area contributed by atoms with Gasteiger partial charge in [-0.3, -0.25) is 29.0 Å². The van der Waals surface area contributed by atoms with Gasteiger partial charge in [0.25, 0.3) is 17.7 Å². The second-order valence-electron chi connectivity index (χ2n) is 5.77. The Balaban J connectivity index is 1.96. The summed E-state index contributed by atoms with van der Waals surface area (Å²) >= 11 is 0. The van der Waals surface area contributed by atoms with Gasteiger partial charge in [-0.05, 0) is 18.6 Å². The molecular weight excluding hydrogens is 312 g/mol. The molecule has 1 fully saturated rings. The minimum Gasteiger partial charge on any atom is -0.383 e. The Kier molecular flexibility index (Phi) is 4.06. The van der Waals surface area contributed by atoms with E-state index in [-0.39, 0.29) is 29.9 Å². The second kappa shape index (κ2) is 6.04. The number of hydrogen-bond acceptors (Lipinski definition) is 6. The molecule has 3 rings (SSSR count). The quantitative estimate of drug-likeness (QED) is 0.739. The van der Waals surface area contributed by atoms with E-state index in [9.17, 15) is 19.2 Å². The standard InChI is InChI=1S/C16H18N4O4/c1-19-12(21)6-5-11(15(19)23)20-14(22)9-3-2-4-10(18-8-7-17)13(9)16(20)24/h2-4,11,18H,5-8,17H2,1H3. The highest BCUT2D eigenvalue weighted by atomic mass is 16.2. The zero-order chi connectivity index (χ0) is 17.4. The van der Waals surface area contributed by atoms with Gasteiger partial charge in [-0.15, -0.1) is 0 Å². The maximum atomic E-state index is 12.8. The van der Waals surface area contributed by atoms with Crippen LogP contribution >= 0.6 is 0 Å². The maximum Gasteiger partial charge on any atom is 0.264 e. The Morgan fingerprint density at radius 3 is 2.67 bits per heavy atom. The molecule has 2 aliphatic rings. The van der Waals surface area contributed by atoms with Gasteiger partial charge in [-0.1, -0.05) is 6.07 Å². The van der Waals surface area contributed by atoms with E-state index in [1.165, 1.54) is 7.05 Å². The van der Waals surface area contributed by atoms with Crippen molar-refractivity contribution in [1.82, 2.24) is 9.80 Å². The average molecular weight is 330 g/mol. The number of carbonyl (C=O) groups excluding carboxylic acids is 4. The maximum absolute atomic E-state index is 12.8. The number of likely N-dealkylation sites (tertiary alicyclic amines) is 1. The van der Waals surface area contributed by atoms with Crippen molar-refractivity contribution in [1.29, 1.82) is 0 Å². The van der Waals surface area contributed by atoms with E-state index in [2.05, 4.69) is 5.32 Å². The molecule has 2 aliphatic heterocycles. The number of benzene rings is 1. The molecular formula is C16H18N4O4. The van der Waals surface area contributed by atoms with Gasteiger partial charge in [0, 0.05) is 32.2 Å². The summed E-state index contributed by atoms with van der Waals surface area (Å²) in [4.78, 5) is 51.4. The molecule has 24 heavy (non-hydrogen) atoms. The van der Waals surface area contributed by atoms with Gasteiger partial charge in [-0.25, -0.2) is 0 Å². The zero-order valence-electron chi connectivity index (χ0n) is 13.2. The summed E-state index contributed by atoms with van der Waals surface area (Å²) in [5.74, 6) is -1.86. The average Bonchev–Trinajstić information content (AvgIpc) is 2.83. The number of likely N-dealkylation sites (N-methyl/N-ethyl adjacent to an activating group) is 1. The molecule has 0 bridgehead atoms. The van der Waals surface area contributed by atoms with Gasteiger partial charge < -0.3 is 11.1 Å². The molecule has 8 nitrogen and oxygen atoms in total. The van der Waals surface area contributed by atoms with Crippen LogP contribution in [0, 0.1) is 0 Å². The summed E-state index contributed by atoms with van der Waals surface area (Å²) in [5.41, 5.74) is 6.50. The Labute approximate surface area is 138 Å². The van der Waals surface area contributed by atoms with Crippen LogP contribution in [-0.2, 0) is 9.59 Å². The van der Waals surface area contributed by atoms with Gasteiger partial charge in [0.1, 0.15) is 6.04 Å². The molecule has 1 aromatic carbocycles. The number of nitrogens with two attached hydrogens (primary N) is 1. The fraction of sp³-hybridized carbons (Fsp3) is 0.375. The third-order valence-corrected chi connectivity index (χ3v) is 4.34. The molecule has 0 saturated carbocycles. The lowest BCUT2D eigenvalue weighted by atomic mass is 10.0. The van der Waals surface area contributed by atoms with Crippen molar-refractivity contribution in [2.45, 2.75) is 18.9 Å². The van der Waals surface area contributed by atoms with Crippen molar-refractivity contribution < 1.29 is 19.2 Å². The first kappa shape index (κ1) is 16.1. The smallest absolute Gasteiger partial charge is 0.264 e. The minimum atomic E-state index is -0.942. The summed E-state index contributed by atoms with van der Waals surface area (Å²) in [6.07, 6.45) is 0.275. The fourth-order valence-electron chi connectivity index (χ4n) is 3.08. The van der Waals surface area contributed by atoms with E-state index in [1.807, 2.05) is 0 Å². The van der Waals surface area contributed by atoms with Crippen molar-refractivity contribution in [2.24, 2.45) is 5.73 Å². The molecule has 1 saturated heterocycles. The normalized spacial score (nSPS) is 20.7. The largest absolute Gasteiger partial charge is 0.383 e. The predicted octanol–water partition coefficient (Wildman–Crippen LogP) is -0.199. The first-order valence-electron chi connectivity index (χ1n) is 7.72. The minimum absolute atomic E-state index is 0.124. The number of nitrogens with one attached hydrogen (secondary N) is 1. The third-order valence-electron chi connectivity index (χ3n) is 4.34. The predicted molar refractivity (Wildman–Crippen MR) is 85.3 cm³/mol. The lowest BCUT2D eigenvalue weighted by molar-refractivity contribution is -0.149. The molecule has 1 aromatic rings. The Morgan fingerprint density at radius 1 is 1.21 bits per heavy atom. The summed E-state index contributed by atoms with van der Waals surface area (Å²) in [6, 6.07) is 3.99. The highest BCUT2D eigenvalue weighted by Gasteiger charge is 2.46. The van der Waals surface area contributed by atoms with E-state index in [0.29, 0.717) is 18.8 Å². The third kappa shape index (κ3) is 2.35. The number of rotatable bonds is 4. The molecule has 4 amide bonds. The number of nitrogens with zero attached hydrogens (tertiary/aromatic N) is 2. The monoisotopic (exact) mass is 330 g/mol. The van der Waals surface area contributed by atoms with Crippen LogP contribution in [0.2, 0.25) is 0 Å². The molecule has 0 spiro atoms. The number of fused-ring (bicyclic) bond motifs is 1. The summed E-state index contributed by atoms with van der Waals surface area (Å²) in [7, 11) is 1.36. The van der Waals surface area contributed by atoms with Crippen LogP contribution < -0.4 is 11.1 Å². The van der Waals surface area contributed by atoms with Crippen LogP contribution in [0.15, 0.2) is 18.2 Å². The van der Waals surface area contributed by atoms with Crippen molar-refractivity contribution in [3.05, 3.63) is 29.3 Å². The van der Waals surface area contributed by atoms with Gasteiger partial charge in [0.15, 0.2) is 0 Å². The van der Waals surface area contributed by atoms with Crippen molar-refractivity contribution in [3.63, 3.8) is 0 Å². The second-order valence-corrected chi connectivity index (χ2v) is 5.77. The van der Waals surface area contributed by atoms with Crippen LogP contribution in [-0.4, -0.2) is 59.6 Å². The zero-order valence-corrected chi connectivity index (χ0v) is 13.2. The Hall–Kier alpha value is -2.74. The van der Waals surface area contributed by atoms with Crippen LogP contribution in [0.5, 0.6) is 0 Å². The fourth-order valence-corrected chi connectivity index (χ4v) is 3.08. The van der Waals surface area contributed by atoms with Gasteiger partial charge in [-0.2, -0.15) is 0 Å². The number of anilines is 1. The van der Waals surface area contributed by atoms with Crippen LogP contribution in [0.3, 0.4) is 0 Å². The molecule has 1 unspecified atom stereocenters. The summed E-state index contributed by atoms with van der Waals surface area (Å²) in [5, 5.41) is 3.02. The Morgan fingerprint density at radius 2 is 1.96 bits per heavy atom. The van der Waals surface area contributed by atoms with Crippen LogP contribution in [0.4, 0.5) is 5.69 Å². The van der Waals surface area contributed by atoms with Crippen molar-refractivity contribution >= 4 is 29.3 Å². The molecule has 0 aromatic heterocycles. The van der Waals surface area contributed by atoms with E-state index in [0.717, 1.165) is 9.80 Å². The molecule has 0 radical (unpaired) electrons. The topological polar surface area (TPSA) is 113 Å². The van der Waals surface area contributed by atoms with Crippen LogP contribution in [0.25, 0.3) is 0 Å². The number of amides is 4. The summed E-state index contributed by atoms with van der Waals surface area (Å²) in [6.45, 7) is 0.834. The van der Waals surface area contributed by atoms with Gasteiger partial charge in [0.05, 0.1) is 11.1 Å². The van der Waals surface area contributed by atoms with Crippen molar-refractivity contribution in [2.75, 3.05) is 25.5 Å². The molecule has 1 atom stereocenters. The number of hydrogen-bond donors (Lipinski definition) is 2. The van der Waals surface area contributed by atoms with E-state index in [1.54, 1.807) is 18.2 Å². The number of imide groups is 2.